The highest BCUT2D eigenvalue weighted by molar-refractivity contribution is 6.03. The van der Waals surface area contributed by atoms with E-state index in [1.807, 2.05) is 24.4 Å². The van der Waals surface area contributed by atoms with Gasteiger partial charge >= 0.3 is 0 Å². The van der Waals surface area contributed by atoms with Crippen LogP contribution in [0.1, 0.15) is 33.7 Å². The van der Waals surface area contributed by atoms with E-state index in [-0.39, 0.29) is 24.4 Å². The molecule has 3 rings (SSSR count). The highest BCUT2D eigenvalue weighted by atomic mass is 16.1. The molecule has 5 heteroatoms. The van der Waals surface area contributed by atoms with Crippen LogP contribution in [0.4, 0.5) is 0 Å². The molecule has 0 aliphatic rings. The third-order valence-corrected chi connectivity index (χ3v) is 3.32. The summed E-state index contributed by atoms with van der Waals surface area (Å²) in [5.74, 6) is -0.186. The summed E-state index contributed by atoms with van der Waals surface area (Å²) in [6.07, 6.45) is 5.01. The third kappa shape index (κ3) is 2.86. The van der Waals surface area contributed by atoms with Crippen LogP contribution >= 0.6 is 0 Å². The topological polar surface area (TPSA) is 75.7 Å². The summed E-state index contributed by atoms with van der Waals surface area (Å²) in [6, 6.07) is 8.95. The lowest BCUT2D eigenvalue weighted by Crippen LogP contribution is -2.06. The van der Waals surface area contributed by atoms with Gasteiger partial charge in [-0.25, -0.2) is 9.97 Å². The number of Topliss-reactive ketones (excluding diaryl/α,β-unsaturated/α-hetero) is 2. The molecule has 0 aliphatic carbocycles. The van der Waals surface area contributed by atoms with Gasteiger partial charge in [0.2, 0.25) is 0 Å². The van der Waals surface area contributed by atoms with Gasteiger partial charge in [-0.05, 0) is 30.3 Å². The Kier molecular flexibility index (Phi) is 3.55. The van der Waals surface area contributed by atoms with Crippen LogP contribution in [0.3, 0.4) is 0 Å². The fourth-order valence-corrected chi connectivity index (χ4v) is 2.18. The molecule has 2 heterocycles. The molecule has 1 N–H and O–H groups in total. The number of ketones is 2. The molecule has 3 aromatic rings. The Morgan fingerprint density at radius 2 is 1.90 bits per heavy atom. The Balaban J connectivity index is 1.67. The average molecular weight is 279 g/mol. The molecule has 0 saturated heterocycles. The van der Waals surface area contributed by atoms with Gasteiger partial charge in [0.15, 0.2) is 11.6 Å². The zero-order valence-electron chi connectivity index (χ0n) is 11.2. The Hall–Kier alpha value is -2.82. The predicted molar refractivity (Wildman–Crippen MR) is 78.2 cm³/mol. The fourth-order valence-electron chi connectivity index (χ4n) is 2.18. The van der Waals surface area contributed by atoms with Crippen LogP contribution in [0, 0.1) is 0 Å². The molecule has 1 aromatic carbocycles. The molecule has 0 fully saturated rings. The summed E-state index contributed by atoms with van der Waals surface area (Å²) in [6.45, 7) is 0. The van der Waals surface area contributed by atoms with Gasteiger partial charge in [0.1, 0.15) is 12.0 Å². The minimum atomic E-state index is -0.145. The number of aromatic amines is 1. The molecule has 5 nitrogen and oxygen atoms in total. The van der Waals surface area contributed by atoms with Gasteiger partial charge < -0.3 is 4.98 Å². The van der Waals surface area contributed by atoms with Crippen molar-refractivity contribution in [2.45, 2.75) is 12.8 Å². The van der Waals surface area contributed by atoms with Crippen LogP contribution in [-0.4, -0.2) is 26.5 Å². The van der Waals surface area contributed by atoms with Crippen molar-refractivity contribution in [1.82, 2.24) is 15.0 Å². The van der Waals surface area contributed by atoms with Crippen LogP contribution in [-0.2, 0) is 0 Å². The SMILES string of the molecule is O=C(CCC(=O)c1ccncn1)c1ccc2[nH]ccc2c1. The summed E-state index contributed by atoms with van der Waals surface area (Å²) in [7, 11) is 0. The minimum Gasteiger partial charge on any atom is -0.361 e. The van der Waals surface area contributed by atoms with E-state index in [1.165, 1.54) is 12.5 Å². The van der Waals surface area contributed by atoms with E-state index < -0.39 is 0 Å². The Morgan fingerprint density at radius 1 is 1.05 bits per heavy atom. The number of hydrogen-bond donors (Lipinski definition) is 1. The number of hydrogen-bond acceptors (Lipinski definition) is 4. The van der Waals surface area contributed by atoms with Crippen LogP contribution in [0.25, 0.3) is 10.9 Å². The molecule has 0 bridgehead atoms. The lowest BCUT2D eigenvalue weighted by molar-refractivity contribution is 0.0915. The molecular weight excluding hydrogens is 266 g/mol. The van der Waals surface area contributed by atoms with Gasteiger partial charge in [0, 0.05) is 41.7 Å². The van der Waals surface area contributed by atoms with Gasteiger partial charge in [-0.15, -0.1) is 0 Å². The second-order valence-electron chi connectivity index (χ2n) is 4.72. The first kappa shape index (κ1) is 13.2. The molecule has 0 aliphatic heterocycles. The standard InChI is InChI=1S/C16H13N3O2/c20-15(3-4-16(21)14-6-7-17-10-19-14)12-1-2-13-11(9-12)5-8-18-13/h1-2,5-10,18H,3-4H2. The highest BCUT2D eigenvalue weighted by Crippen LogP contribution is 2.16. The van der Waals surface area contributed by atoms with E-state index in [9.17, 15) is 9.59 Å². The smallest absolute Gasteiger partial charge is 0.181 e. The van der Waals surface area contributed by atoms with Gasteiger partial charge in [0.25, 0.3) is 0 Å². The van der Waals surface area contributed by atoms with Crippen LogP contribution < -0.4 is 0 Å². The lowest BCUT2D eigenvalue weighted by atomic mass is 10.0. The summed E-state index contributed by atoms with van der Waals surface area (Å²) in [5.41, 5.74) is 1.96. The van der Waals surface area contributed by atoms with Gasteiger partial charge in [0.05, 0.1) is 0 Å². The predicted octanol–water partition coefficient (Wildman–Crippen LogP) is 2.80. The van der Waals surface area contributed by atoms with E-state index in [2.05, 4.69) is 15.0 Å². The van der Waals surface area contributed by atoms with E-state index >= 15 is 0 Å². The Morgan fingerprint density at radius 3 is 2.71 bits per heavy atom. The maximum absolute atomic E-state index is 12.2. The van der Waals surface area contributed by atoms with Crippen LogP contribution in [0.2, 0.25) is 0 Å². The van der Waals surface area contributed by atoms with Crippen LogP contribution in [0.5, 0.6) is 0 Å². The normalized spacial score (nSPS) is 10.7. The van der Waals surface area contributed by atoms with E-state index in [1.54, 1.807) is 12.1 Å². The van der Waals surface area contributed by atoms with Crippen molar-refractivity contribution in [1.29, 1.82) is 0 Å². The van der Waals surface area contributed by atoms with E-state index in [4.69, 9.17) is 0 Å². The molecule has 0 amide bonds. The second-order valence-corrected chi connectivity index (χ2v) is 4.72. The number of benzene rings is 1. The molecule has 0 unspecified atom stereocenters. The molecule has 104 valence electrons. The quantitative estimate of drug-likeness (QED) is 0.729. The fraction of sp³-hybridized carbons (Fsp3) is 0.125. The van der Waals surface area contributed by atoms with Gasteiger partial charge in [-0.2, -0.15) is 0 Å². The van der Waals surface area contributed by atoms with Crippen molar-refractivity contribution in [3.8, 4) is 0 Å². The Bertz CT molecular complexity index is 793. The van der Waals surface area contributed by atoms with E-state index in [0.717, 1.165) is 10.9 Å². The van der Waals surface area contributed by atoms with Crippen molar-refractivity contribution in [2.24, 2.45) is 0 Å². The zero-order valence-corrected chi connectivity index (χ0v) is 11.2. The first-order valence-corrected chi connectivity index (χ1v) is 6.63. The Labute approximate surface area is 121 Å². The maximum atomic E-state index is 12.2. The number of nitrogens with one attached hydrogen (secondary N) is 1. The number of carbonyl (C=O) groups excluding carboxylic acids is 2. The van der Waals surface area contributed by atoms with Crippen LogP contribution in [0.15, 0.2) is 49.1 Å². The zero-order chi connectivity index (χ0) is 14.7. The number of aromatic nitrogens is 3. The minimum absolute atomic E-state index is 0.0412. The van der Waals surface area contributed by atoms with Crippen molar-refractivity contribution in [3.63, 3.8) is 0 Å². The molecule has 0 atom stereocenters. The summed E-state index contributed by atoms with van der Waals surface area (Å²) < 4.78 is 0. The van der Waals surface area contributed by atoms with Gasteiger partial charge in [-0.1, -0.05) is 0 Å². The van der Waals surface area contributed by atoms with E-state index in [0.29, 0.717) is 11.3 Å². The van der Waals surface area contributed by atoms with Crippen molar-refractivity contribution >= 4 is 22.5 Å². The summed E-state index contributed by atoms with van der Waals surface area (Å²) >= 11 is 0. The maximum Gasteiger partial charge on any atom is 0.181 e. The number of H-pyrrole nitrogens is 1. The molecule has 21 heavy (non-hydrogen) atoms. The van der Waals surface area contributed by atoms with Gasteiger partial charge in [-0.3, -0.25) is 9.59 Å². The number of rotatable bonds is 5. The van der Waals surface area contributed by atoms with Crippen molar-refractivity contribution < 1.29 is 9.59 Å². The van der Waals surface area contributed by atoms with Crippen molar-refractivity contribution in [2.75, 3.05) is 0 Å². The molecular formula is C16H13N3O2. The summed E-state index contributed by atoms with van der Waals surface area (Å²) in [4.78, 5) is 34.8. The first-order chi connectivity index (χ1) is 10.2. The average Bonchev–Trinajstić information content (AvgIpc) is 3.00. The number of nitrogens with zero attached hydrogens (tertiary/aromatic N) is 2. The molecule has 2 aromatic heterocycles. The first-order valence-electron chi connectivity index (χ1n) is 6.63. The monoisotopic (exact) mass is 279 g/mol. The lowest BCUT2D eigenvalue weighted by Gasteiger charge is -2.01. The third-order valence-electron chi connectivity index (χ3n) is 3.32. The number of fused-ring (bicyclic) bond motifs is 1. The second kappa shape index (κ2) is 5.66. The van der Waals surface area contributed by atoms with Crippen molar-refractivity contribution in [3.05, 3.63) is 60.3 Å². The summed E-state index contributed by atoms with van der Waals surface area (Å²) in [5, 5.41) is 0.989. The highest BCUT2D eigenvalue weighted by Gasteiger charge is 2.12. The number of carbonyl (C=O) groups is 2. The molecule has 0 radical (unpaired) electrons. The molecule has 0 saturated carbocycles. The largest absolute Gasteiger partial charge is 0.361 e. The molecule has 0 spiro atoms.